The summed E-state index contributed by atoms with van der Waals surface area (Å²) in [5.74, 6) is -4.66. The Balaban J connectivity index is 1.75. The summed E-state index contributed by atoms with van der Waals surface area (Å²) in [6.45, 7) is 3.66. The molecule has 3 heterocycles. The minimum absolute atomic E-state index is 0.206. The van der Waals surface area contributed by atoms with E-state index in [4.69, 9.17) is 14.2 Å². The Morgan fingerprint density at radius 1 is 1.07 bits per heavy atom. The van der Waals surface area contributed by atoms with E-state index in [1.165, 1.54) is 19.1 Å². The number of anilines is 1. The fraction of sp³-hybridized carbons (Fsp3) is 0.381. The molecule has 1 aromatic carbocycles. The normalized spacial score (nSPS) is 28.8. The molecule has 4 rings (SSSR count). The maximum Gasteiger partial charge on any atom is 0.305 e. The lowest BCUT2D eigenvalue weighted by Gasteiger charge is -2.34. The van der Waals surface area contributed by atoms with Gasteiger partial charge in [0.15, 0.2) is 11.4 Å². The number of Topliss-reactive ketones (excluding diaryl/α,β-unsaturated/α-hetero) is 1. The predicted molar refractivity (Wildman–Crippen MR) is 100.0 cm³/mol. The highest BCUT2D eigenvalue weighted by atomic mass is 16.7. The summed E-state index contributed by atoms with van der Waals surface area (Å²) in [5.41, 5.74) is -0.986. The topological polar surface area (TPSA) is 116 Å². The Morgan fingerprint density at radius 2 is 1.73 bits per heavy atom. The van der Waals surface area contributed by atoms with Gasteiger partial charge < -0.3 is 14.2 Å². The molecule has 156 valence electrons. The summed E-state index contributed by atoms with van der Waals surface area (Å²) < 4.78 is 16.2. The van der Waals surface area contributed by atoms with E-state index in [9.17, 15) is 24.0 Å². The number of carbonyl (C=O) groups excluding carboxylic acids is 5. The molecule has 0 radical (unpaired) electrons. The number of carbonyl (C=O) groups is 5. The Hall–Kier alpha value is -3.33. The molecule has 2 amide bonds. The molecule has 1 aromatic rings. The van der Waals surface area contributed by atoms with Gasteiger partial charge in [-0.3, -0.25) is 24.0 Å². The second kappa shape index (κ2) is 6.88. The third-order valence-electron chi connectivity index (χ3n) is 5.50. The lowest BCUT2D eigenvalue weighted by Crippen LogP contribution is -2.52. The third-order valence-corrected chi connectivity index (χ3v) is 5.50. The van der Waals surface area contributed by atoms with Gasteiger partial charge in [0.1, 0.15) is 0 Å². The van der Waals surface area contributed by atoms with Gasteiger partial charge in [-0.25, -0.2) is 4.90 Å². The molecule has 2 saturated heterocycles. The zero-order chi connectivity index (χ0) is 21.8. The first-order valence-corrected chi connectivity index (χ1v) is 9.36. The summed E-state index contributed by atoms with van der Waals surface area (Å²) in [5, 5.41) is 0. The van der Waals surface area contributed by atoms with Crippen LogP contribution in [0.5, 0.6) is 0 Å². The first-order chi connectivity index (χ1) is 14.2. The molecule has 0 unspecified atom stereocenters. The fourth-order valence-corrected chi connectivity index (χ4v) is 4.34. The number of imide groups is 1. The minimum atomic E-state index is -1.60. The van der Waals surface area contributed by atoms with E-state index in [1.807, 2.05) is 0 Å². The van der Waals surface area contributed by atoms with Crippen LogP contribution in [0.25, 0.3) is 0 Å². The molecule has 0 N–H and O–H groups in total. The Morgan fingerprint density at radius 3 is 2.33 bits per heavy atom. The first kappa shape index (κ1) is 20.0. The van der Waals surface area contributed by atoms with E-state index in [1.54, 1.807) is 24.3 Å². The van der Waals surface area contributed by atoms with E-state index in [2.05, 4.69) is 0 Å². The van der Waals surface area contributed by atoms with Gasteiger partial charge in [-0.1, -0.05) is 18.2 Å². The molecule has 0 spiro atoms. The van der Waals surface area contributed by atoms with Crippen molar-refractivity contribution in [3.05, 3.63) is 42.0 Å². The molecule has 0 saturated carbocycles. The number of amides is 2. The van der Waals surface area contributed by atoms with Crippen molar-refractivity contribution in [2.24, 2.45) is 11.8 Å². The van der Waals surface area contributed by atoms with Crippen LogP contribution in [0.2, 0.25) is 0 Å². The SMILES string of the molecule is CC(=O)OC(OC(C)=O)[C@@]12C=C[C@@H](O1)[C@@H]1C(=O)N(c3cccc(C(C)=O)c3)C(=O)[C@H]12. The Labute approximate surface area is 171 Å². The molecular weight excluding hydrogens is 394 g/mol. The molecule has 0 aliphatic carbocycles. The van der Waals surface area contributed by atoms with Gasteiger partial charge in [-0.15, -0.1) is 0 Å². The van der Waals surface area contributed by atoms with Crippen LogP contribution in [0.1, 0.15) is 31.1 Å². The van der Waals surface area contributed by atoms with Gasteiger partial charge in [0.05, 0.1) is 23.6 Å². The number of fused-ring (bicyclic) bond motifs is 5. The average Bonchev–Trinajstić information content (AvgIpc) is 3.32. The Bertz CT molecular complexity index is 998. The Kier molecular flexibility index (Phi) is 4.58. The maximum absolute atomic E-state index is 13.4. The first-order valence-electron chi connectivity index (χ1n) is 9.36. The maximum atomic E-state index is 13.4. The molecule has 2 fully saturated rings. The molecule has 3 aliphatic heterocycles. The van der Waals surface area contributed by atoms with Crippen molar-refractivity contribution in [1.29, 1.82) is 0 Å². The molecule has 30 heavy (non-hydrogen) atoms. The quantitative estimate of drug-likeness (QED) is 0.232. The van der Waals surface area contributed by atoms with Crippen LogP contribution in [-0.2, 0) is 33.4 Å². The highest BCUT2D eigenvalue weighted by Crippen LogP contribution is 2.54. The van der Waals surface area contributed by atoms with Crippen LogP contribution in [-0.4, -0.2) is 47.5 Å². The number of ether oxygens (including phenoxy) is 3. The van der Waals surface area contributed by atoms with E-state index in [-0.39, 0.29) is 11.5 Å². The van der Waals surface area contributed by atoms with Crippen molar-refractivity contribution in [2.75, 3.05) is 4.90 Å². The van der Waals surface area contributed by atoms with E-state index < -0.39 is 53.6 Å². The summed E-state index contributed by atoms with van der Waals surface area (Å²) in [7, 11) is 0. The van der Waals surface area contributed by atoms with Crippen LogP contribution < -0.4 is 4.90 Å². The van der Waals surface area contributed by atoms with Crippen molar-refractivity contribution < 1.29 is 38.2 Å². The van der Waals surface area contributed by atoms with E-state index in [0.717, 1.165) is 18.7 Å². The molecule has 2 bridgehead atoms. The van der Waals surface area contributed by atoms with Gasteiger partial charge in [0.2, 0.25) is 11.8 Å². The van der Waals surface area contributed by atoms with Crippen LogP contribution in [0, 0.1) is 11.8 Å². The highest BCUT2D eigenvalue weighted by Gasteiger charge is 2.72. The number of hydrogen-bond acceptors (Lipinski definition) is 8. The molecule has 9 heteroatoms. The number of ketones is 1. The largest absolute Gasteiger partial charge is 0.422 e. The molecule has 0 aromatic heterocycles. The third kappa shape index (κ3) is 2.85. The lowest BCUT2D eigenvalue weighted by atomic mass is 9.76. The van der Waals surface area contributed by atoms with Gasteiger partial charge in [0.25, 0.3) is 6.29 Å². The van der Waals surface area contributed by atoms with Crippen LogP contribution in [0.3, 0.4) is 0 Å². The van der Waals surface area contributed by atoms with E-state index in [0.29, 0.717) is 5.56 Å². The predicted octanol–water partition coefficient (Wildman–Crippen LogP) is 1.15. The average molecular weight is 413 g/mol. The number of rotatable bonds is 5. The van der Waals surface area contributed by atoms with Crippen molar-refractivity contribution in [1.82, 2.24) is 0 Å². The monoisotopic (exact) mass is 413 g/mol. The van der Waals surface area contributed by atoms with Crippen molar-refractivity contribution in [3.8, 4) is 0 Å². The minimum Gasteiger partial charge on any atom is -0.422 e. The van der Waals surface area contributed by atoms with Gasteiger partial charge in [0, 0.05) is 19.4 Å². The summed E-state index contributed by atoms with van der Waals surface area (Å²) >= 11 is 0. The second-order valence-electron chi connectivity index (χ2n) is 7.47. The lowest BCUT2D eigenvalue weighted by molar-refractivity contribution is -0.226. The summed E-state index contributed by atoms with van der Waals surface area (Å²) in [6, 6.07) is 6.20. The zero-order valence-corrected chi connectivity index (χ0v) is 16.5. The van der Waals surface area contributed by atoms with Crippen molar-refractivity contribution in [3.63, 3.8) is 0 Å². The molecule has 4 atom stereocenters. The summed E-state index contributed by atoms with van der Waals surface area (Å²) in [6.07, 6.45) is 0.850. The number of esters is 2. The van der Waals surface area contributed by atoms with Crippen molar-refractivity contribution in [2.45, 2.75) is 38.8 Å². The number of benzene rings is 1. The van der Waals surface area contributed by atoms with Gasteiger partial charge in [-0.2, -0.15) is 0 Å². The summed E-state index contributed by atoms with van der Waals surface area (Å²) in [4.78, 5) is 62.5. The second-order valence-corrected chi connectivity index (χ2v) is 7.47. The van der Waals surface area contributed by atoms with Crippen LogP contribution >= 0.6 is 0 Å². The van der Waals surface area contributed by atoms with Gasteiger partial charge in [-0.05, 0) is 25.1 Å². The zero-order valence-electron chi connectivity index (χ0n) is 16.5. The van der Waals surface area contributed by atoms with E-state index >= 15 is 0 Å². The van der Waals surface area contributed by atoms with Crippen LogP contribution in [0.15, 0.2) is 36.4 Å². The molecule has 3 aliphatic rings. The number of nitrogens with zero attached hydrogens (tertiary/aromatic N) is 1. The fourth-order valence-electron chi connectivity index (χ4n) is 4.34. The number of hydrogen-bond donors (Lipinski definition) is 0. The highest BCUT2D eigenvalue weighted by molar-refractivity contribution is 6.23. The molecule has 9 nitrogen and oxygen atoms in total. The van der Waals surface area contributed by atoms with Crippen LogP contribution in [0.4, 0.5) is 5.69 Å². The standard InChI is InChI=1S/C21H19NO8/c1-10(23)13-5-4-6-14(9-13)22-18(26)16-15-7-8-21(30-15,17(16)19(22)27)20(28-11(2)24)29-12(3)25/h4-9,15-17,20H,1-3H3/t15-,16+,17+,21+/m1/s1. The van der Waals surface area contributed by atoms with Gasteiger partial charge >= 0.3 is 11.9 Å². The molecular formula is C21H19NO8. The van der Waals surface area contributed by atoms with Crippen molar-refractivity contribution >= 4 is 35.2 Å². The smallest absolute Gasteiger partial charge is 0.305 e.